The van der Waals surface area contributed by atoms with Crippen molar-refractivity contribution in [3.8, 4) is 0 Å². The molecule has 3 amide bonds. The predicted molar refractivity (Wildman–Crippen MR) is 120 cm³/mol. The van der Waals surface area contributed by atoms with E-state index < -0.39 is 35.1 Å². The maximum Gasteiger partial charge on any atom is 0.418 e. The third-order valence-electron chi connectivity index (χ3n) is 6.05. The van der Waals surface area contributed by atoms with Gasteiger partial charge in [0.1, 0.15) is 11.6 Å². The lowest BCUT2D eigenvalue weighted by Crippen LogP contribution is -2.61. The third-order valence-corrected chi connectivity index (χ3v) is 6.05. The summed E-state index contributed by atoms with van der Waals surface area (Å²) in [6.07, 6.45) is -3.54. The molecule has 1 unspecified atom stereocenters. The quantitative estimate of drug-likeness (QED) is 0.477. The maximum atomic E-state index is 13.2. The molecule has 0 bridgehead atoms. The van der Waals surface area contributed by atoms with Crippen LogP contribution in [-0.4, -0.2) is 42.5 Å². The van der Waals surface area contributed by atoms with Crippen LogP contribution in [0, 0.1) is 0 Å². The van der Waals surface area contributed by atoms with Gasteiger partial charge in [0.05, 0.1) is 17.9 Å². The Hall–Kier alpha value is -3.60. The number of carbonyl (C=O) groups excluding carboxylic acids is 3. The standard InChI is InChI=1S/C24H25F3N4O4/c25-24(26,27)17-3-1-2-4-18(17)29-16-7-5-15(6-8-16)13-28-22(34)23(11-12-35-14-23)31-21(33)19-9-10-20(32)30-19/h1-8,19,29H,9-14H2,(H,28,34)(H,30,32)(H,31,33)/t19-,23?/m0/s1. The van der Waals surface area contributed by atoms with Gasteiger partial charge < -0.3 is 26.0 Å². The van der Waals surface area contributed by atoms with E-state index in [0.29, 0.717) is 25.1 Å². The van der Waals surface area contributed by atoms with E-state index in [1.165, 1.54) is 18.2 Å². The molecule has 4 N–H and O–H groups in total. The molecule has 2 fully saturated rings. The van der Waals surface area contributed by atoms with Crippen molar-refractivity contribution in [1.29, 1.82) is 0 Å². The molecular formula is C24H25F3N4O4. The number of rotatable bonds is 7. The van der Waals surface area contributed by atoms with Crippen molar-refractivity contribution in [3.63, 3.8) is 0 Å². The van der Waals surface area contributed by atoms with Gasteiger partial charge in [-0.15, -0.1) is 0 Å². The zero-order valence-electron chi connectivity index (χ0n) is 18.7. The Bertz CT molecular complexity index is 1100. The average Bonchev–Trinajstić information content (AvgIpc) is 3.48. The van der Waals surface area contributed by atoms with Crippen LogP contribution in [0.2, 0.25) is 0 Å². The molecule has 11 heteroatoms. The molecule has 0 aromatic heterocycles. The highest BCUT2D eigenvalue weighted by Crippen LogP contribution is 2.35. The lowest BCUT2D eigenvalue weighted by Gasteiger charge is -2.29. The van der Waals surface area contributed by atoms with Gasteiger partial charge in [0.25, 0.3) is 0 Å². The molecule has 2 saturated heterocycles. The summed E-state index contributed by atoms with van der Waals surface area (Å²) in [5.74, 6) is -1.04. The Morgan fingerprint density at radius 1 is 1.11 bits per heavy atom. The summed E-state index contributed by atoms with van der Waals surface area (Å²) < 4.78 is 45.0. The molecule has 0 saturated carbocycles. The van der Waals surface area contributed by atoms with E-state index in [4.69, 9.17) is 4.74 Å². The normalized spacial score (nSPS) is 21.9. The van der Waals surface area contributed by atoms with E-state index in [9.17, 15) is 27.6 Å². The third kappa shape index (κ3) is 5.73. The van der Waals surface area contributed by atoms with Gasteiger partial charge in [-0.05, 0) is 36.2 Å². The van der Waals surface area contributed by atoms with Crippen LogP contribution < -0.4 is 21.3 Å². The Balaban J connectivity index is 1.36. The van der Waals surface area contributed by atoms with Gasteiger partial charge in [0.2, 0.25) is 17.7 Å². The molecule has 8 nitrogen and oxygen atoms in total. The highest BCUT2D eigenvalue weighted by Gasteiger charge is 2.45. The van der Waals surface area contributed by atoms with Crippen molar-refractivity contribution in [3.05, 3.63) is 59.7 Å². The summed E-state index contributed by atoms with van der Waals surface area (Å²) in [7, 11) is 0. The molecule has 4 rings (SSSR count). The molecule has 2 aliphatic heterocycles. The number of hydrogen-bond donors (Lipinski definition) is 4. The van der Waals surface area contributed by atoms with E-state index in [1.807, 2.05) is 0 Å². The molecular weight excluding hydrogens is 465 g/mol. The Labute approximate surface area is 199 Å². The molecule has 2 heterocycles. The van der Waals surface area contributed by atoms with Crippen LogP contribution in [0.4, 0.5) is 24.5 Å². The second-order valence-corrected chi connectivity index (χ2v) is 8.58. The van der Waals surface area contributed by atoms with Crippen LogP contribution in [0.25, 0.3) is 0 Å². The zero-order valence-corrected chi connectivity index (χ0v) is 18.7. The number of ether oxygens (including phenoxy) is 1. The van der Waals surface area contributed by atoms with E-state index in [0.717, 1.165) is 11.6 Å². The van der Waals surface area contributed by atoms with E-state index >= 15 is 0 Å². The first kappa shape index (κ1) is 24.5. The summed E-state index contributed by atoms with van der Waals surface area (Å²) in [6, 6.07) is 11.1. The van der Waals surface area contributed by atoms with Gasteiger partial charge in [-0.1, -0.05) is 24.3 Å². The average molecular weight is 490 g/mol. The number of alkyl halides is 3. The van der Waals surface area contributed by atoms with Crippen LogP contribution in [0.15, 0.2) is 48.5 Å². The fraction of sp³-hybridized carbons (Fsp3) is 0.375. The lowest BCUT2D eigenvalue weighted by molar-refractivity contribution is -0.137. The maximum absolute atomic E-state index is 13.2. The van der Waals surface area contributed by atoms with E-state index in [-0.39, 0.29) is 31.2 Å². The summed E-state index contributed by atoms with van der Waals surface area (Å²) in [4.78, 5) is 37.0. The highest BCUT2D eigenvalue weighted by molar-refractivity contribution is 5.96. The van der Waals surface area contributed by atoms with Gasteiger partial charge in [-0.2, -0.15) is 13.2 Å². The van der Waals surface area contributed by atoms with Crippen LogP contribution in [0.1, 0.15) is 30.4 Å². The molecule has 35 heavy (non-hydrogen) atoms. The number of nitrogens with one attached hydrogen (secondary N) is 4. The zero-order chi connectivity index (χ0) is 25.1. The molecule has 0 spiro atoms. The first-order chi connectivity index (χ1) is 16.7. The number of anilines is 2. The van der Waals surface area contributed by atoms with E-state index in [2.05, 4.69) is 21.3 Å². The summed E-state index contributed by atoms with van der Waals surface area (Å²) in [6.45, 7) is 0.479. The van der Waals surface area contributed by atoms with Crippen LogP contribution in [-0.2, 0) is 31.8 Å². The smallest absolute Gasteiger partial charge is 0.378 e. The van der Waals surface area contributed by atoms with Crippen LogP contribution in [0.3, 0.4) is 0 Å². The number of hydrogen-bond acceptors (Lipinski definition) is 5. The second kappa shape index (κ2) is 9.95. The molecule has 0 radical (unpaired) electrons. The van der Waals surface area contributed by atoms with Gasteiger partial charge in [-0.3, -0.25) is 14.4 Å². The van der Waals surface area contributed by atoms with Crippen molar-refractivity contribution in [2.75, 3.05) is 18.5 Å². The topological polar surface area (TPSA) is 109 Å². The van der Waals surface area contributed by atoms with E-state index in [1.54, 1.807) is 24.3 Å². The number of benzene rings is 2. The largest absolute Gasteiger partial charge is 0.418 e. The summed E-state index contributed by atoms with van der Waals surface area (Å²) in [5, 5.41) is 10.9. The number of halogens is 3. The Morgan fingerprint density at radius 2 is 1.86 bits per heavy atom. The summed E-state index contributed by atoms with van der Waals surface area (Å²) in [5.41, 5.74) is -0.870. The van der Waals surface area contributed by atoms with Crippen molar-refractivity contribution in [2.45, 2.75) is 43.6 Å². The number of carbonyl (C=O) groups is 3. The minimum atomic E-state index is -4.48. The van der Waals surface area contributed by atoms with Crippen molar-refractivity contribution in [1.82, 2.24) is 16.0 Å². The molecule has 2 atom stereocenters. The molecule has 186 valence electrons. The van der Waals surface area contributed by atoms with Gasteiger partial charge >= 0.3 is 6.18 Å². The minimum Gasteiger partial charge on any atom is -0.378 e. The fourth-order valence-corrected chi connectivity index (χ4v) is 4.09. The van der Waals surface area contributed by atoms with Gasteiger partial charge in [-0.25, -0.2) is 0 Å². The van der Waals surface area contributed by atoms with Crippen molar-refractivity contribution in [2.24, 2.45) is 0 Å². The first-order valence-corrected chi connectivity index (χ1v) is 11.2. The lowest BCUT2D eigenvalue weighted by atomic mass is 9.96. The predicted octanol–water partition coefficient (Wildman–Crippen LogP) is 2.62. The summed E-state index contributed by atoms with van der Waals surface area (Å²) >= 11 is 0. The monoisotopic (exact) mass is 490 g/mol. The molecule has 0 aliphatic carbocycles. The molecule has 2 aromatic rings. The molecule has 2 aliphatic rings. The fourth-order valence-electron chi connectivity index (χ4n) is 4.09. The molecule has 2 aromatic carbocycles. The van der Waals surface area contributed by atoms with Crippen molar-refractivity contribution >= 4 is 29.1 Å². The minimum absolute atomic E-state index is 0.0205. The van der Waals surface area contributed by atoms with Crippen LogP contribution >= 0.6 is 0 Å². The van der Waals surface area contributed by atoms with Crippen LogP contribution in [0.5, 0.6) is 0 Å². The number of para-hydroxylation sites is 1. The van der Waals surface area contributed by atoms with Gasteiger partial charge in [0.15, 0.2) is 0 Å². The second-order valence-electron chi connectivity index (χ2n) is 8.58. The highest BCUT2D eigenvalue weighted by atomic mass is 19.4. The Kier molecular flexibility index (Phi) is 6.97. The van der Waals surface area contributed by atoms with Gasteiger partial charge in [0, 0.05) is 31.7 Å². The van der Waals surface area contributed by atoms with Crippen molar-refractivity contribution < 1.29 is 32.3 Å². The Morgan fingerprint density at radius 3 is 2.49 bits per heavy atom. The first-order valence-electron chi connectivity index (χ1n) is 11.2. The number of amides is 3. The SMILES string of the molecule is O=C1CC[C@@H](C(=O)NC2(C(=O)NCc3ccc(Nc4ccccc4C(F)(F)F)cc3)CCOC2)N1.